The molecule has 0 saturated carbocycles. The Morgan fingerprint density at radius 2 is 2.29 bits per heavy atom. The molecule has 0 radical (unpaired) electrons. The fourth-order valence-electron chi connectivity index (χ4n) is 2.74. The molecule has 21 heavy (non-hydrogen) atoms. The van der Waals surface area contributed by atoms with Crippen LogP contribution in [-0.4, -0.2) is 45.5 Å². The third-order valence-corrected chi connectivity index (χ3v) is 3.89. The molecule has 2 amide bonds. The molecule has 2 aromatic rings. The lowest BCUT2D eigenvalue weighted by molar-refractivity contribution is -0.130. The van der Waals surface area contributed by atoms with Gasteiger partial charge in [-0.1, -0.05) is 12.1 Å². The first-order valence-corrected chi connectivity index (χ1v) is 7.11. The maximum absolute atomic E-state index is 12.4. The highest BCUT2D eigenvalue weighted by Crippen LogP contribution is 2.18. The fourth-order valence-corrected chi connectivity index (χ4v) is 2.74. The summed E-state index contributed by atoms with van der Waals surface area (Å²) in [5.41, 5.74) is 1.21. The minimum Gasteiger partial charge on any atom is -0.340 e. The standard InChI is InChI=1S/C15H18N4O2/c1-9(2)19-7-6-12(15(19)21)17-14(20)11-5-3-4-10-8-16-18-13(10)11/h3-5,8-9,12H,6-7H2,1-2H3,(H,16,18)(H,17,20). The van der Waals surface area contributed by atoms with Gasteiger partial charge >= 0.3 is 0 Å². The Balaban J connectivity index is 1.78. The third-order valence-electron chi connectivity index (χ3n) is 3.89. The molecule has 0 bridgehead atoms. The lowest BCUT2D eigenvalue weighted by atomic mass is 10.1. The number of fused-ring (bicyclic) bond motifs is 1. The van der Waals surface area contributed by atoms with Crippen LogP contribution < -0.4 is 5.32 Å². The quantitative estimate of drug-likeness (QED) is 0.892. The van der Waals surface area contributed by atoms with Gasteiger partial charge in [-0.2, -0.15) is 5.10 Å². The molecule has 110 valence electrons. The molecular weight excluding hydrogens is 268 g/mol. The van der Waals surface area contributed by atoms with Gasteiger partial charge in [0.05, 0.1) is 17.3 Å². The molecule has 1 aromatic heterocycles. The second-order valence-electron chi connectivity index (χ2n) is 5.58. The molecule has 0 aliphatic carbocycles. The first-order valence-electron chi connectivity index (χ1n) is 7.11. The second kappa shape index (κ2) is 5.20. The van der Waals surface area contributed by atoms with Crippen LogP contribution in [0.15, 0.2) is 24.4 Å². The number of aromatic amines is 1. The van der Waals surface area contributed by atoms with Crippen molar-refractivity contribution in [1.29, 1.82) is 0 Å². The first kappa shape index (κ1) is 13.6. The van der Waals surface area contributed by atoms with Crippen LogP contribution in [0.3, 0.4) is 0 Å². The van der Waals surface area contributed by atoms with E-state index in [2.05, 4.69) is 15.5 Å². The minimum atomic E-state index is -0.432. The summed E-state index contributed by atoms with van der Waals surface area (Å²) < 4.78 is 0. The van der Waals surface area contributed by atoms with Gasteiger partial charge in [-0.15, -0.1) is 0 Å². The van der Waals surface area contributed by atoms with Crippen molar-refractivity contribution in [3.05, 3.63) is 30.0 Å². The minimum absolute atomic E-state index is 0.00450. The van der Waals surface area contributed by atoms with Crippen molar-refractivity contribution in [2.75, 3.05) is 6.54 Å². The van der Waals surface area contributed by atoms with E-state index >= 15 is 0 Å². The second-order valence-corrected chi connectivity index (χ2v) is 5.58. The van der Waals surface area contributed by atoms with Gasteiger partial charge in [-0.3, -0.25) is 14.7 Å². The van der Waals surface area contributed by atoms with Crippen molar-refractivity contribution in [3.8, 4) is 0 Å². The van der Waals surface area contributed by atoms with Crippen LogP contribution >= 0.6 is 0 Å². The van der Waals surface area contributed by atoms with Crippen molar-refractivity contribution >= 4 is 22.7 Å². The number of para-hydroxylation sites is 1. The van der Waals surface area contributed by atoms with Gasteiger partial charge in [-0.25, -0.2) is 0 Å². The number of hydrogen-bond donors (Lipinski definition) is 2. The zero-order valence-electron chi connectivity index (χ0n) is 12.1. The van der Waals surface area contributed by atoms with Crippen molar-refractivity contribution in [3.63, 3.8) is 0 Å². The Bertz CT molecular complexity index is 692. The summed E-state index contributed by atoms with van der Waals surface area (Å²) in [6, 6.07) is 5.16. The van der Waals surface area contributed by atoms with Gasteiger partial charge in [0.25, 0.3) is 5.91 Å². The molecule has 2 heterocycles. The van der Waals surface area contributed by atoms with Gasteiger partial charge in [0.15, 0.2) is 0 Å². The van der Waals surface area contributed by atoms with Gasteiger partial charge in [0, 0.05) is 18.0 Å². The summed E-state index contributed by atoms with van der Waals surface area (Å²) in [6.45, 7) is 4.65. The highest BCUT2D eigenvalue weighted by atomic mass is 16.2. The maximum atomic E-state index is 12.4. The van der Waals surface area contributed by atoms with Crippen LogP contribution in [0.25, 0.3) is 10.9 Å². The van der Waals surface area contributed by atoms with Gasteiger partial charge in [-0.05, 0) is 26.3 Å². The number of hydrogen-bond acceptors (Lipinski definition) is 3. The van der Waals surface area contributed by atoms with Crippen molar-refractivity contribution < 1.29 is 9.59 Å². The fraction of sp³-hybridized carbons (Fsp3) is 0.400. The van der Waals surface area contributed by atoms with Crippen LogP contribution in [0.4, 0.5) is 0 Å². The Morgan fingerprint density at radius 1 is 1.48 bits per heavy atom. The molecule has 0 spiro atoms. The van der Waals surface area contributed by atoms with E-state index in [9.17, 15) is 9.59 Å². The predicted octanol–water partition coefficient (Wildman–Crippen LogP) is 1.30. The Kier molecular flexibility index (Phi) is 3.37. The molecule has 2 N–H and O–H groups in total. The zero-order chi connectivity index (χ0) is 15.0. The molecule has 1 aliphatic rings. The molecule has 3 rings (SSSR count). The van der Waals surface area contributed by atoms with Crippen LogP contribution in [-0.2, 0) is 4.79 Å². The van der Waals surface area contributed by atoms with Crippen molar-refractivity contribution in [2.24, 2.45) is 0 Å². The zero-order valence-corrected chi connectivity index (χ0v) is 12.1. The number of carbonyl (C=O) groups excluding carboxylic acids is 2. The average molecular weight is 286 g/mol. The SMILES string of the molecule is CC(C)N1CCC(NC(=O)c2cccc3cn[nH]c23)C1=O. The lowest BCUT2D eigenvalue weighted by Gasteiger charge is -2.21. The van der Waals surface area contributed by atoms with Gasteiger partial charge < -0.3 is 10.2 Å². The van der Waals surface area contributed by atoms with E-state index < -0.39 is 6.04 Å². The summed E-state index contributed by atoms with van der Waals surface area (Å²) in [6.07, 6.45) is 2.33. The van der Waals surface area contributed by atoms with E-state index in [4.69, 9.17) is 0 Å². The molecule has 1 unspecified atom stereocenters. The molecular formula is C15H18N4O2. The average Bonchev–Trinajstić information content (AvgIpc) is 3.05. The van der Waals surface area contributed by atoms with Gasteiger partial charge in [0.1, 0.15) is 6.04 Å². The van der Waals surface area contributed by atoms with Crippen molar-refractivity contribution in [2.45, 2.75) is 32.4 Å². The van der Waals surface area contributed by atoms with Crippen LogP contribution in [0.1, 0.15) is 30.6 Å². The highest BCUT2D eigenvalue weighted by molar-refractivity contribution is 6.06. The Morgan fingerprint density at radius 3 is 3.00 bits per heavy atom. The number of rotatable bonds is 3. The maximum Gasteiger partial charge on any atom is 0.254 e. The normalized spacial score (nSPS) is 18.7. The molecule has 1 aliphatic heterocycles. The summed E-state index contributed by atoms with van der Waals surface area (Å²) >= 11 is 0. The van der Waals surface area contributed by atoms with Gasteiger partial charge in [0.2, 0.25) is 5.91 Å². The molecule has 1 fully saturated rings. The van der Waals surface area contributed by atoms with E-state index in [0.717, 1.165) is 5.39 Å². The van der Waals surface area contributed by atoms with Crippen LogP contribution in [0, 0.1) is 0 Å². The topological polar surface area (TPSA) is 78.1 Å². The van der Waals surface area contributed by atoms with E-state index in [1.54, 1.807) is 17.2 Å². The Hall–Kier alpha value is -2.37. The third kappa shape index (κ3) is 2.37. The van der Waals surface area contributed by atoms with Crippen molar-refractivity contribution in [1.82, 2.24) is 20.4 Å². The number of nitrogens with one attached hydrogen (secondary N) is 2. The number of likely N-dealkylation sites (tertiary alicyclic amines) is 1. The van der Waals surface area contributed by atoms with Crippen LogP contribution in [0.5, 0.6) is 0 Å². The van der Waals surface area contributed by atoms with E-state index in [0.29, 0.717) is 24.0 Å². The summed E-state index contributed by atoms with van der Waals surface area (Å²) in [7, 11) is 0. The number of carbonyl (C=O) groups is 2. The lowest BCUT2D eigenvalue weighted by Crippen LogP contribution is -2.43. The number of nitrogens with zero attached hydrogens (tertiary/aromatic N) is 2. The molecule has 1 aromatic carbocycles. The monoisotopic (exact) mass is 286 g/mol. The molecule has 6 nitrogen and oxygen atoms in total. The number of H-pyrrole nitrogens is 1. The number of aromatic nitrogens is 2. The number of benzene rings is 1. The highest BCUT2D eigenvalue weighted by Gasteiger charge is 2.34. The van der Waals surface area contributed by atoms with E-state index in [1.807, 2.05) is 26.0 Å². The largest absolute Gasteiger partial charge is 0.340 e. The molecule has 1 atom stereocenters. The predicted molar refractivity (Wildman–Crippen MR) is 78.8 cm³/mol. The summed E-state index contributed by atoms with van der Waals surface area (Å²) in [5.74, 6) is -0.246. The molecule has 1 saturated heterocycles. The first-order chi connectivity index (χ1) is 10.1. The van der Waals surface area contributed by atoms with Crippen LogP contribution in [0.2, 0.25) is 0 Å². The number of amides is 2. The smallest absolute Gasteiger partial charge is 0.254 e. The van der Waals surface area contributed by atoms with E-state index in [-0.39, 0.29) is 17.9 Å². The summed E-state index contributed by atoms with van der Waals surface area (Å²) in [4.78, 5) is 26.4. The summed E-state index contributed by atoms with van der Waals surface area (Å²) in [5, 5.41) is 10.5. The van der Waals surface area contributed by atoms with E-state index in [1.165, 1.54) is 0 Å². The Labute approximate surface area is 122 Å². The molecule has 6 heteroatoms.